The first-order valence-electron chi connectivity index (χ1n) is 8.62. The lowest BCUT2D eigenvalue weighted by molar-refractivity contribution is 0.454. The molecule has 8 nitrogen and oxygen atoms in total. The quantitative estimate of drug-likeness (QED) is 0.500. The molecular formula is C19H17N5O3S2. The van der Waals surface area contributed by atoms with Crippen LogP contribution < -0.4 is 9.46 Å². The van der Waals surface area contributed by atoms with E-state index in [-0.39, 0.29) is 4.21 Å². The van der Waals surface area contributed by atoms with Gasteiger partial charge in [0.1, 0.15) is 15.8 Å². The van der Waals surface area contributed by atoms with E-state index in [2.05, 4.69) is 19.9 Å². The van der Waals surface area contributed by atoms with Crippen LogP contribution in [0.3, 0.4) is 0 Å². The minimum Gasteiger partial charge on any atom is -0.438 e. The molecule has 3 heterocycles. The highest BCUT2D eigenvalue weighted by Gasteiger charge is 2.16. The fraction of sp³-hybridized carbons (Fsp3) is 0.105. The van der Waals surface area contributed by atoms with Crippen LogP contribution in [0.4, 0.5) is 5.69 Å². The molecule has 10 heteroatoms. The first kappa shape index (κ1) is 19.1. The number of nitrogens with one attached hydrogen (secondary N) is 1. The number of aryl methyl sites for hydroxylation is 2. The highest BCUT2D eigenvalue weighted by atomic mass is 32.2. The molecule has 0 atom stereocenters. The van der Waals surface area contributed by atoms with Crippen molar-refractivity contribution in [3.8, 4) is 17.4 Å². The van der Waals surface area contributed by atoms with Crippen molar-refractivity contribution in [1.29, 1.82) is 0 Å². The van der Waals surface area contributed by atoms with E-state index in [1.54, 1.807) is 60.9 Å². The molecule has 0 saturated heterocycles. The molecule has 0 amide bonds. The second-order valence-electron chi connectivity index (χ2n) is 6.17. The molecule has 0 unspecified atom stereocenters. The molecule has 0 spiro atoms. The van der Waals surface area contributed by atoms with Crippen LogP contribution in [-0.4, -0.2) is 28.2 Å². The Bertz CT molecular complexity index is 1230. The molecule has 3 aromatic heterocycles. The van der Waals surface area contributed by atoms with E-state index in [0.717, 1.165) is 10.7 Å². The van der Waals surface area contributed by atoms with Gasteiger partial charge in [-0.05, 0) is 56.3 Å². The highest BCUT2D eigenvalue weighted by Crippen LogP contribution is 2.26. The van der Waals surface area contributed by atoms with Crippen molar-refractivity contribution in [3.63, 3.8) is 0 Å². The summed E-state index contributed by atoms with van der Waals surface area (Å²) in [4.78, 5) is 5.09. The minimum absolute atomic E-state index is 0.277. The second-order valence-corrected chi connectivity index (χ2v) is 9.37. The van der Waals surface area contributed by atoms with Gasteiger partial charge in [-0.15, -0.1) is 21.5 Å². The number of benzene rings is 1. The SMILES string of the molecule is Cc1ccc(S(=O)(=O)Nc2ccc(Oc3ccc(-n4ccnc4C)nn3)cc2)s1. The third-order valence-electron chi connectivity index (χ3n) is 4.01. The van der Waals surface area contributed by atoms with Crippen LogP contribution in [0.2, 0.25) is 0 Å². The first-order valence-corrected chi connectivity index (χ1v) is 10.9. The summed E-state index contributed by atoms with van der Waals surface area (Å²) >= 11 is 1.22. The van der Waals surface area contributed by atoms with E-state index in [1.807, 2.05) is 18.4 Å². The molecule has 0 radical (unpaired) electrons. The van der Waals surface area contributed by atoms with Gasteiger partial charge < -0.3 is 4.74 Å². The molecule has 0 bridgehead atoms. The number of aromatic nitrogens is 4. The molecule has 0 aliphatic carbocycles. The summed E-state index contributed by atoms with van der Waals surface area (Å²) in [6.07, 6.45) is 3.49. The van der Waals surface area contributed by atoms with Gasteiger partial charge in [-0.3, -0.25) is 9.29 Å². The molecule has 4 rings (SSSR count). The van der Waals surface area contributed by atoms with Crippen LogP contribution in [0.5, 0.6) is 11.6 Å². The Morgan fingerprint density at radius 3 is 2.38 bits per heavy atom. The third-order valence-corrected chi connectivity index (χ3v) is 6.88. The van der Waals surface area contributed by atoms with E-state index < -0.39 is 10.0 Å². The lowest BCUT2D eigenvalue weighted by atomic mass is 10.3. The van der Waals surface area contributed by atoms with Crippen LogP contribution in [0.1, 0.15) is 10.7 Å². The predicted octanol–water partition coefficient (Wildman–Crippen LogP) is 3.93. The number of anilines is 1. The van der Waals surface area contributed by atoms with Crippen LogP contribution in [0, 0.1) is 13.8 Å². The molecule has 4 aromatic rings. The number of thiophene rings is 1. The Kier molecular flexibility index (Phi) is 5.03. The van der Waals surface area contributed by atoms with E-state index in [0.29, 0.717) is 23.1 Å². The zero-order valence-electron chi connectivity index (χ0n) is 15.6. The molecule has 148 valence electrons. The van der Waals surface area contributed by atoms with Crippen molar-refractivity contribution >= 4 is 27.0 Å². The fourth-order valence-electron chi connectivity index (χ4n) is 2.59. The molecule has 0 aliphatic heterocycles. The van der Waals surface area contributed by atoms with Gasteiger partial charge in [-0.25, -0.2) is 13.4 Å². The molecule has 0 saturated carbocycles. The number of imidazole rings is 1. The van der Waals surface area contributed by atoms with E-state index in [1.165, 1.54) is 11.3 Å². The maximum absolute atomic E-state index is 12.4. The minimum atomic E-state index is -3.60. The Balaban J connectivity index is 1.44. The van der Waals surface area contributed by atoms with E-state index >= 15 is 0 Å². The van der Waals surface area contributed by atoms with Crippen LogP contribution >= 0.6 is 11.3 Å². The number of hydrogen-bond donors (Lipinski definition) is 1. The topological polar surface area (TPSA) is 99.0 Å². The van der Waals surface area contributed by atoms with Gasteiger partial charge in [0.15, 0.2) is 5.82 Å². The van der Waals surface area contributed by atoms with Crippen molar-refractivity contribution in [2.45, 2.75) is 18.1 Å². The predicted molar refractivity (Wildman–Crippen MR) is 110 cm³/mol. The Labute approximate surface area is 171 Å². The van der Waals surface area contributed by atoms with Gasteiger partial charge in [0.2, 0.25) is 5.88 Å². The Hall–Kier alpha value is -3.24. The van der Waals surface area contributed by atoms with Gasteiger partial charge >= 0.3 is 0 Å². The summed E-state index contributed by atoms with van der Waals surface area (Å²) in [5.41, 5.74) is 0.445. The number of nitrogens with zero attached hydrogens (tertiary/aromatic N) is 4. The molecule has 0 fully saturated rings. The van der Waals surface area contributed by atoms with Crippen LogP contribution in [-0.2, 0) is 10.0 Å². The largest absolute Gasteiger partial charge is 0.438 e. The van der Waals surface area contributed by atoms with Gasteiger partial charge in [-0.1, -0.05) is 0 Å². The number of rotatable bonds is 6. The summed E-state index contributed by atoms with van der Waals surface area (Å²) < 4.78 is 35.1. The van der Waals surface area contributed by atoms with Crippen LogP contribution in [0.15, 0.2) is 65.1 Å². The van der Waals surface area contributed by atoms with Crippen molar-refractivity contribution in [2.75, 3.05) is 4.72 Å². The number of ether oxygens (including phenoxy) is 1. The van der Waals surface area contributed by atoms with Gasteiger partial charge in [0.25, 0.3) is 10.0 Å². The number of hydrogen-bond acceptors (Lipinski definition) is 7. The monoisotopic (exact) mass is 427 g/mol. The number of sulfonamides is 1. The Morgan fingerprint density at radius 2 is 1.79 bits per heavy atom. The summed E-state index contributed by atoms with van der Waals surface area (Å²) in [6.45, 7) is 3.74. The average Bonchev–Trinajstić information content (AvgIpc) is 3.33. The lowest BCUT2D eigenvalue weighted by Crippen LogP contribution is -2.11. The normalized spacial score (nSPS) is 11.4. The van der Waals surface area contributed by atoms with Gasteiger partial charge in [-0.2, -0.15) is 0 Å². The molecule has 0 aliphatic rings. The highest BCUT2D eigenvalue weighted by molar-refractivity contribution is 7.94. The fourth-order valence-corrected chi connectivity index (χ4v) is 4.93. The molecular weight excluding hydrogens is 410 g/mol. The third kappa shape index (κ3) is 4.28. The summed E-state index contributed by atoms with van der Waals surface area (Å²) in [7, 11) is -3.60. The first-order chi connectivity index (χ1) is 13.9. The van der Waals surface area contributed by atoms with Crippen molar-refractivity contribution < 1.29 is 13.2 Å². The summed E-state index contributed by atoms with van der Waals surface area (Å²) in [6, 6.07) is 13.4. The van der Waals surface area contributed by atoms with Gasteiger partial charge in [0.05, 0.1) is 0 Å². The molecule has 1 N–H and O–H groups in total. The maximum Gasteiger partial charge on any atom is 0.271 e. The second kappa shape index (κ2) is 7.64. The Morgan fingerprint density at radius 1 is 1.00 bits per heavy atom. The maximum atomic E-state index is 12.4. The van der Waals surface area contributed by atoms with Crippen molar-refractivity contribution in [2.24, 2.45) is 0 Å². The van der Waals surface area contributed by atoms with Crippen LogP contribution in [0.25, 0.3) is 5.82 Å². The zero-order valence-corrected chi connectivity index (χ0v) is 17.2. The average molecular weight is 428 g/mol. The molecule has 29 heavy (non-hydrogen) atoms. The van der Waals surface area contributed by atoms with E-state index in [4.69, 9.17) is 4.74 Å². The van der Waals surface area contributed by atoms with E-state index in [9.17, 15) is 8.42 Å². The zero-order chi connectivity index (χ0) is 20.4. The summed E-state index contributed by atoms with van der Waals surface area (Å²) in [5, 5.41) is 8.20. The van der Waals surface area contributed by atoms with Crippen molar-refractivity contribution in [3.05, 3.63) is 71.6 Å². The van der Waals surface area contributed by atoms with Gasteiger partial charge in [0, 0.05) is 29.0 Å². The standard InChI is InChI=1S/C19H17N5O3S2/c1-13-3-10-19(28-13)29(25,26)23-15-4-6-16(7-5-15)27-18-9-8-17(21-22-18)24-12-11-20-14(24)2/h3-12,23H,1-2H3. The molecule has 1 aromatic carbocycles. The van der Waals surface area contributed by atoms with Crippen molar-refractivity contribution in [1.82, 2.24) is 19.7 Å². The lowest BCUT2D eigenvalue weighted by Gasteiger charge is -2.08. The smallest absolute Gasteiger partial charge is 0.271 e. The summed E-state index contributed by atoms with van der Waals surface area (Å²) in [5.74, 6) is 2.29.